The molecule has 0 aliphatic heterocycles. The van der Waals surface area contributed by atoms with E-state index in [2.05, 4.69) is 22.8 Å². The lowest BCUT2D eigenvalue weighted by Gasteiger charge is -2.06. The van der Waals surface area contributed by atoms with Crippen LogP contribution in [0.2, 0.25) is 0 Å². The lowest BCUT2D eigenvalue weighted by molar-refractivity contribution is -0.120. The number of rotatable bonds is 8. The van der Waals surface area contributed by atoms with Crippen LogP contribution in [-0.2, 0) is 16.3 Å². The fraction of sp³-hybridized carbons (Fsp3) is 0.273. The summed E-state index contributed by atoms with van der Waals surface area (Å²) in [5, 5.41) is 6.49. The summed E-state index contributed by atoms with van der Waals surface area (Å²) in [5.41, 5.74) is 2.80. The third-order valence-electron chi connectivity index (χ3n) is 4.61. The Morgan fingerprint density at radius 1 is 1.00 bits per heavy atom. The van der Waals surface area contributed by atoms with Crippen LogP contribution < -0.4 is 10.6 Å². The molecule has 1 aromatic heterocycles. The topological polar surface area (TPSA) is 71.3 Å². The van der Waals surface area contributed by atoms with E-state index in [9.17, 15) is 9.59 Å². The zero-order valence-corrected chi connectivity index (χ0v) is 16.3. The van der Waals surface area contributed by atoms with Crippen LogP contribution in [0.1, 0.15) is 34.5 Å². The predicted molar refractivity (Wildman–Crippen MR) is 111 cm³/mol. The molecule has 1 fully saturated rings. The lowest BCUT2D eigenvalue weighted by Crippen LogP contribution is -2.37. The van der Waals surface area contributed by atoms with Gasteiger partial charge in [0.05, 0.1) is 6.54 Å². The van der Waals surface area contributed by atoms with Gasteiger partial charge in [0.25, 0.3) is 5.91 Å². The number of hydrogen-bond acceptors (Lipinski definition) is 4. The van der Waals surface area contributed by atoms with Gasteiger partial charge in [-0.1, -0.05) is 48.5 Å². The number of para-hydroxylation sites is 1. The van der Waals surface area contributed by atoms with E-state index >= 15 is 0 Å². The highest BCUT2D eigenvalue weighted by molar-refractivity contribution is 7.97. The monoisotopic (exact) mass is 394 g/mol. The lowest BCUT2D eigenvalue weighted by atomic mass is 10.1. The molecular weight excluding hydrogens is 372 g/mol. The number of nitrogens with one attached hydrogen (secondary N) is 2. The Balaban J connectivity index is 1.46. The van der Waals surface area contributed by atoms with Crippen LogP contribution >= 0.6 is 11.8 Å². The summed E-state index contributed by atoms with van der Waals surface area (Å²) in [6, 6.07) is 18.2. The first-order valence-electron chi connectivity index (χ1n) is 9.40. The number of amides is 2. The number of furan rings is 1. The van der Waals surface area contributed by atoms with Gasteiger partial charge in [-0.15, -0.1) is 0 Å². The van der Waals surface area contributed by atoms with Crippen molar-refractivity contribution in [3.05, 3.63) is 71.5 Å². The minimum Gasteiger partial charge on any atom is -0.451 e. The van der Waals surface area contributed by atoms with Crippen molar-refractivity contribution in [2.75, 3.05) is 6.54 Å². The van der Waals surface area contributed by atoms with Gasteiger partial charge in [0, 0.05) is 28.5 Å². The summed E-state index contributed by atoms with van der Waals surface area (Å²) < 4.78 is 5.83. The van der Waals surface area contributed by atoms with E-state index in [1.54, 1.807) is 11.8 Å². The quantitative estimate of drug-likeness (QED) is 0.608. The van der Waals surface area contributed by atoms with Crippen LogP contribution in [-0.4, -0.2) is 24.4 Å². The normalized spacial score (nSPS) is 13.4. The minimum absolute atomic E-state index is 0.0387. The van der Waals surface area contributed by atoms with Gasteiger partial charge in [0.1, 0.15) is 5.58 Å². The van der Waals surface area contributed by atoms with Crippen molar-refractivity contribution in [3.8, 4) is 0 Å². The smallest absolute Gasteiger partial charge is 0.287 e. The number of carbonyl (C=O) groups excluding carboxylic acids is 2. The Labute approximate surface area is 167 Å². The van der Waals surface area contributed by atoms with Gasteiger partial charge < -0.3 is 15.1 Å². The number of hydrogen-bond donors (Lipinski definition) is 2. The SMILES string of the molecule is O=C(CNC(=O)c1oc2ccccc2c1CSCc1ccccc1)NC1CC1. The van der Waals surface area contributed by atoms with Crippen LogP contribution in [0.5, 0.6) is 0 Å². The van der Waals surface area contributed by atoms with Crippen molar-refractivity contribution in [1.29, 1.82) is 0 Å². The van der Waals surface area contributed by atoms with Gasteiger partial charge in [-0.05, 0) is 24.5 Å². The van der Waals surface area contributed by atoms with Crippen molar-refractivity contribution in [1.82, 2.24) is 10.6 Å². The van der Waals surface area contributed by atoms with Crippen LogP contribution in [0.3, 0.4) is 0 Å². The second-order valence-electron chi connectivity index (χ2n) is 6.91. The van der Waals surface area contributed by atoms with E-state index in [0.29, 0.717) is 17.1 Å². The summed E-state index contributed by atoms with van der Waals surface area (Å²) in [7, 11) is 0. The molecule has 0 spiro atoms. The largest absolute Gasteiger partial charge is 0.451 e. The van der Waals surface area contributed by atoms with Crippen molar-refractivity contribution in [2.24, 2.45) is 0 Å². The molecule has 1 saturated carbocycles. The van der Waals surface area contributed by atoms with Gasteiger partial charge in [0.15, 0.2) is 5.76 Å². The average Bonchev–Trinajstić information content (AvgIpc) is 3.46. The molecule has 0 atom stereocenters. The standard InChI is InChI=1S/C22H22N2O3S/c25-20(24-16-10-11-16)12-23-22(26)21-18(17-8-4-5-9-19(17)27-21)14-28-13-15-6-2-1-3-7-15/h1-9,16H,10-14H2,(H,23,26)(H,24,25). The van der Waals surface area contributed by atoms with Gasteiger partial charge >= 0.3 is 0 Å². The number of thioether (sulfide) groups is 1. The van der Waals surface area contributed by atoms with Crippen molar-refractivity contribution >= 4 is 34.5 Å². The zero-order chi connectivity index (χ0) is 19.3. The van der Waals surface area contributed by atoms with Gasteiger partial charge in [-0.2, -0.15) is 11.8 Å². The molecule has 1 heterocycles. The fourth-order valence-corrected chi connectivity index (χ4v) is 4.04. The maximum absolute atomic E-state index is 12.7. The number of fused-ring (bicyclic) bond motifs is 1. The molecule has 5 nitrogen and oxygen atoms in total. The highest BCUT2D eigenvalue weighted by Crippen LogP contribution is 2.30. The highest BCUT2D eigenvalue weighted by Gasteiger charge is 2.24. The van der Waals surface area contributed by atoms with Crippen molar-refractivity contribution in [3.63, 3.8) is 0 Å². The molecule has 1 aliphatic carbocycles. The molecule has 6 heteroatoms. The summed E-state index contributed by atoms with van der Waals surface area (Å²) in [5.74, 6) is 1.29. The molecule has 2 aromatic carbocycles. The second-order valence-corrected chi connectivity index (χ2v) is 7.89. The molecule has 4 rings (SSSR count). The maximum atomic E-state index is 12.7. The molecule has 0 bridgehead atoms. The highest BCUT2D eigenvalue weighted by atomic mass is 32.2. The Bertz CT molecular complexity index is 980. The third kappa shape index (κ3) is 4.57. The molecule has 2 N–H and O–H groups in total. The minimum atomic E-state index is -0.350. The summed E-state index contributed by atoms with van der Waals surface area (Å²) in [4.78, 5) is 24.5. The average molecular weight is 394 g/mol. The van der Waals surface area contributed by atoms with Crippen molar-refractivity contribution in [2.45, 2.75) is 30.4 Å². The van der Waals surface area contributed by atoms with Gasteiger partial charge in [-0.25, -0.2) is 0 Å². The van der Waals surface area contributed by atoms with Crippen LogP contribution in [0.4, 0.5) is 0 Å². The summed E-state index contributed by atoms with van der Waals surface area (Å²) >= 11 is 1.73. The predicted octanol–water partition coefficient (Wildman–Crippen LogP) is 3.87. The number of benzene rings is 2. The van der Waals surface area contributed by atoms with Crippen LogP contribution in [0.25, 0.3) is 11.0 Å². The molecule has 144 valence electrons. The molecule has 3 aromatic rings. The number of carbonyl (C=O) groups is 2. The maximum Gasteiger partial charge on any atom is 0.287 e. The molecule has 0 unspecified atom stereocenters. The Hall–Kier alpha value is -2.73. The first-order valence-corrected chi connectivity index (χ1v) is 10.6. The Kier molecular flexibility index (Phi) is 5.67. The fourth-order valence-electron chi connectivity index (χ4n) is 3.02. The Morgan fingerprint density at radius 3 is 2.54 bits per heavy atom. The van der Waals surface area contributed by atoms with Crippen LogP contribution in [0.15, 0.2) is 59.0 Å². The molecule has 1 aliphatic rings. The first kappa shape index (κ1) is 18.6. The van der Waals surface area contributed by atoms with E-state index in [1.807, 2.05) is 42.5 Å². The molecule has 28 heavy (non-hydrogen) atoms. The molecule has 2 amide bonds. The van der Waals surface area contributed by atoms with E-state index in [-0.39, 0.29) is 24.4 Å². The Morgan fingerprint density at radius 2 is 1.75 bits per heavy atom. The van der Waals surface area contributed by atoms with E-state index < -0.39 is 0 Å². The molecular formula is C22H22N2O3S. The van der Waals surface area contributed by atoms with Crippen LogP contribution in [0, 0.1) is 0 Å². The second kappa shape index (κ2) is 8.52. The molecule has 0 radical (unpaired) electrons. The molecule has 0 saturated heterocycles. The van der Waals surface area contributed by atoms with E-state index in [0.717, 1.165) is 29.5 Å². The summed E-state index contributed by atoms with van der Waals surface area (Å²) in [6.45, 7) is -0.0387. The zero-order valence-electron chi connectivity index (χ0n) is 15.4. The third-order valence-corrected chi connectivity index (χ3v) is 5.64. The van der Waals surface area contributed by atoms with Crippen molar-refractivity contribution < 1.29 is 14.0 Å². The van der Waals surface area contributed by atoms with E-state index in [4.69, 9.17) is 4.42 Å². The van der Waals surface area contributed by atoms with Gasteiger partial charge in [-0.3, -0.25) is 9.59 Å². The van der Waals surface area contributed by atoms with Gasteiger partial charge in [0.2, 0.25) is 5.91 Å². The first-order chi connectivity index (χ1) is 13.7. The summed E-state index contributed by atoms with van der Waals surface area (Å²) in [6.07, 6.45) is 2.04. The van der Waals surface area contributed by atoms with E-state index in [1.165, 1.54) is 5.56 Å².